The molecule has 0 aliphatic carbocycles. The van der Waals surface area contributed by atoms with Gasteiger partial charge < -0.3 is 20.4 Å². The monoisotopic (exact) mass is 274 g/mol. The summed E-state index contributed by atoms with van der Waals surface area (Å²) in [5.74, 6) is -2.94. The molecule has 2 rings (SSSR count). The Morgan fingerprint density at radius 1 is 0.700 bits per heavy atom. The maximum atomic E-state index is 11.2. The number of phenolic OH excluding ortho intramolecular Hbond substituents is 2. The summed E-state index contributed by atoms with van der Waals surface area (Å²) in [6.07, 6.45) is 0. The Morgan fingerprint density at radius 3 is 1.35 bits per heavy atom. The normalized spacial score (nSPS) is 10.2. The Morgan fingerprint density at radius 2 is 1.05 bits per heavy atom. The third-order valence-corrected chi connectivity index (χ3v) is 2.76. The smallest absolute Gasteiger partial charge is 0.336 e. The van der Waals surface area contributed by atoms with Gasteiger partial charge in [-0.05, 0) is 36.4 Å². The Hall–Kier alpha value is -3.02. The van der Waals surface area contributed by atoms with Crippen LogP contribution in [0.5, 0.6) is 11.5 Å². The van der Waals surface area contributed by atoms with E-state index in [-0.39, 0.29) is 33.8 Å². The van der Waals surface area contributed by atoms with Crippen molar-refractivity contribution in [3.05, 3.63) is 47.5 Å². The van der Waals surface area contributed by atoms with E-state index in [1.54, 1.807) is 0 Å². The van der Waals surface area contributed by atoms with Crippen molar-refractivity contribution < 1.29 is 30.0 Å². The zero-order chi connectivity index (χ0) is 14.9. The number of carboxylic acid groups (broad SMARTS) is 2. The molecule has 0 aliphatic rings. The van der Waals surface area contributed by atoms with Crippen molar-refractivity contribution >= 4 is 11.9 Å². The van der Waals surface area contributed by atoms with E-state index in [4.69, 9.17) is 10.2 Å². The highest BCUT2D eigenvalue weighted by Crippen LogP contribution is 2.32. The van der Waals surface area contributed by atoms with Crippen LogP contribution in [0.25, 0.3) is 11.1 Å². The number of aromatic carboxylic acids is 2. The maximum absolute atomic E-state index is 11.2. The summed E-state index contributed by atoms with van der Waals surface area (Å²) >= 11 is 0. The van der Waals surface area contributed by atoms with Crippen LogP contribution in [0.15, 0.2) is 36.4 Å². The van der Waals surface area contributed by atoms with E-state index in [1.165, 1.54) is 24.3 Å². The minimum Gasteiger partial charge on any atom is -0.508 e. The molecule has 20 heavy (non-hydrogen) atoms. The van der Waals surface area contributed by atoms with Crippen LogP contribution in [0.4, 0.5) is 0 Å². The molecule has 0 aromatic heterocycles. The van der Waals surface area contributed by atoms with Gasteiger partial charge in [0, 0.05) is 11.1 Å². The molecule has 102 valence electrons. The van der Waals surface area contributed by atoms with Crippen LogP contribution in [0.3, 0.4) is 0 Å². The van der Waals surface area contributed by atoms with E-state index >= 15 is 0 Å². The predicted molar refractivity (Wildman–Crippen MR) is 69.1 cm³/mol. The molecule has 0 fully saturated rings. The van der Waals surface area contributed by atoms with Crippen LogP contribution < -0.4 is 0 Å². The molecule has 4 N–H and O–H groups in total. The number of aromatic hydroxyl groups is 2. The van der Waals surface area contributed by atoms with Gasteiger partial charge in [0.1, 0.15) is 11.5 Å². The number of phenols is 2. The minimum absolute atomic E-state index is 0.0193. The second kappa shape index (κ2) is 4.93. The molecule has 0 saturated heterocycles. The largest absolute Gasteiger partial charge is 0.508 e. The van der Waals surface area contributed by atoms with Crippen LogP contribution in [0, 0.1) is 0 Å². The number of hydrogen-bond donors (Lipinski definition) is 4. The van der Waals surface area contributed by atoms with Crippen LogP contribution in [-0.2, 0) is 0 Å². The van der Waals surface area contributed by atoms with Crippen molar-refractivity contribution in [2.75, 3.05) is 0 Å². The lowest BCUT2D eigenvalue weighted by atomic mass is 9.95. The van der Waals surface area contributed by atoms with Gasteiger partial charge in [-0.15, -0.1) is 0 Å². The molecule has 0 unspecified atom stereocenters. The van der Waals surface area contributed by atoms with Crippen LogP contribution in [0.2, 0.25) is 0 Å². The number of benzene rings is 2. The first-order valence-electron chi connectivity index (χ1n) is 5.53. The van der Waals surface area contributed by atoms with E-state index < -0.39 is 11.9 Å². The third-order valence-electron chi connectivity index (χ3n) is 2.76. The topological polar surface area (TPSA) is 115 Å². The van der Waals surface area contributed by atoms with Crippen molar-refractivity contribution in [1.29, 1.82) is 0 Å². The van der Waals surface area contributed by atoms with E-state index in [2.05, 4.69) is 0 Å². The van der Waals surface area contributed by atoms with E-state index in [9.17, 15) is 19.8 Å². The molecule has 0 radical (unpaired) electrons. The Kier molecular flexibility index (Phi) is 3.30. The summed E-state index contributed by atoms with van der Waals surface area (Å²) in [5.41, 5.74) is -0.302. The number of carboxylic acids is 2. The average molecular weight is 274 g/mol. The fourth-order valence-electron chi connectivity index (χ4n) is 1.88. The summed E-state index contributed by atoms with van der Waals surface area (Å²) in [7, 11) is 0. The number of carbonyl (C=O) groups is 2. The summed E-state index contributed by atoms with van der Waals surface area (Å²) < 4.78 is 0. The molecule has 0 aliphatic heterocycles. The SMILES string of the molecule is O=C(O)c1ccc(O)cc1-c1cc(O)ccc1C(=O)O. The summed E-state index contributed by atoms with van der Waals surface area (Å²) in [4.78, 5) is 22.4. The van der Waals surface area contributed by atoms with E-state index in [0.717, 1.165) is 12.1 Å². The molecule has 6 nitrogen and oxygen atoms in total. The zero-order valence-electron chi connectivity index (χ0n) is 10.1. The fraction of sp³-hybridized carbons (Fsp3) is 0. The lowest BCUT2D eigenvalue weighted by Gasteiger charge is -2.10. The quantitative estimate of drug-likeness (QED) is 0.681. The highest BCUT2D eigenvalue weighted by molar-refractivity contribution is 6.02. The van der Waals surface area contributed by atoms with Crippen molar-refractivity contribution in [3.63, 3.8) is 0 Å². The molecular weight excluding hydrogens is 264 g/mol. The van der Waals surface area contributed by atoms with Crippen LogP contribution in [0.1, 0.15) is 20.7 Å². The highest BCUT2D eigenvalue weighted by Gasteiger charge is 2.18. The van der Waals surface area contributed by atoms with Crippen LogP contribution >= 0.6 is 0 Å². The lowest BCUT2D eigenvalue weighted by molar-refractivity contribution is 0.0684. The van der Waals surface area contributed by atoms with Crippen molar-refractivity contribution in [2.45, 2.75) is 0 Å². The standard InChI is InChI=1S/C14H10O6/c15-7-1-3-9(13(17)18)11(5-7)12-6-8(16)2-4-10(12)14(19)20/h1-6,15-16H,(H,17,18)(H,19,20). The Balaban J connectivity index is 2.79. The van der Waals surface area contributed by atoms with Gasteiger partial charge in [0.25, 0.3) is 0 Å². The first-order chi connectivity index (χ1) is 9.40. The second-order valence-electron chi connectivity index (χ2n) is 4.07. The average Bonchev–Trinajstić information content (AvgIpc) is 2.37. The molecule has 0 bridgehead atoms. The summed E-state index contributed by atoms with van der Waals surface area (Å²) in [6.45, 7) is 0. The zero-order valence-corrected chi connectivity index (χ0v) is 10.1. The van der Waals surface area contributed by atoms with Gasteiger partial charge in [0.2, 0.25) is 0 Å². The Bertz CT molecular complexity index is 643. The molecular formula is C14H10O6. The fourth-order valence-corrected chi connectivity index (χ4v) is 1.88. The van der Waals surface area contributed by atoms with Crippen molar-refractivity contribution in [1.82, 2.24) is 0 Å². The molecule has 0 atom stereocenters. The molecule has 6 heteroatoms. The predicted octanol–water partition coefficient (Wildman–Crippen LogP) is 2.16. The second-order valence-corrected chi connectivity index (χ2v) is 4.07. The van der Waals surface area contributed by atoms with E-state index in [0.29, 0.717) is 0 Å². The molecule has 2 aromatic carbocycles. The first kappa shape index (κ1) is 13.4. The minimum atomic E-state index is -1.26. The molecule has 0 heterocycles. The highest BCUT2D eigenvalue weighted by atomic mass is 16.4. The molecule has 2 aromatic rings. The first-order valence-corrected chi connectivity index (χ1v) is 5.53. The van der Waals surface area contributed by atoms with Gasteiger partial charge in [0.05, 0.1) is 11.1 Å². The van der Waals surface area contributed by atoms with E-state index in [1.807, 2.05) is 0 Å². The van der Waals surface area contributed by atoms with Gasteiger partial charge in [-0.25, -0.2) is 9.59 Å². The maximum Gasteiger partial charge on any atom is 0.336 e. The van der Waals surface area contributed by atoms with Gasteiger partial charge in [0.15, 0.2) is 0 Å². The number of hydrogen-bond acceptors (Lipinski definition) is 4. The van der Waals surface area contributed by atoms with Gasteiger partial charge in [-0.1, -0.05) is 0 Å². The van der Waals surface area contributed by atoms with Crippen LogP contribution in [-0.4, -0.2) is 32.4 Å². The molecule has 0 saturated carbocycles. The van der Waals surface area contributed by atoms with Crippen molar-refractivity contribution in [2.24, 2.45) is 0 Å². The van der Waals surface area contributed by atoms with Gasteiger partial charge >= 0.3 is 11.9 Å². The molecule has 0 spiro atoms. The lowest BCUT2D eigenvalue weighted by Crippen LogP contribution is -2.04. The Labute approximate surface area is 113 Å². The van der Waals surface area contributed by atoms with Crippen molar-refractivity contribution in [3.8, 4) is 22.6 Å². The third kappa shape index (κ3) is 2.39. The number of rotatable bonds is 3. The summed E-state index contributed by atoms with van der Waals surface area (Å²) in [6, 6.07) is 7.01. The van der Waals surface area contributed by atoms with Gasteiger partial charge in [-0.2, -0.15) is 0 Å². The summed E-state index contributed by atoms with van der Waals surface area (Å²) in [5, 5.41) is 37.2. The van der Waals surface area contributed by atoms with Gasteiger partial charge in [-0.3, -0.25) is 0 Å². The molecule has 0 amide bonds.